The number of piperidine rings is 1. The molecule has 0 bridgehead atoms. The van der Waals surface area contributed by atoms with E-state index in [1.165, 1.54) is 5.56 Å². The molecule has 0 atom stereocenters. The maximum absolute atomic E-state index is 12.4. The highest BCUT2D eigenvalue weighted by atomic mass is 16.5. The van der Waals surface area contributed by atoms with Crippen LogP contribution in [0.3, 0.4) is 0 Å². The second-order valence-corrected chi connectivity index (χ2v) is 6.64. The van der Waals surface area contributed by atoms with E-state index in [1.807, 2.05) is 36.4 Å². The number of nitrogens with zero attached hydrogens (tertiary/aromatic N) is 1. The van der Waals surface area contributed by atoms with Crippen LogP contribution in [0.2, 0.25) is 0 Å². The lowest BCUT2D eigenvalue weighted by atomic mass is 9.97. The molecule has 2 N–H and O–H groups in total. The number of carbonyl (C=O) groups excluding carboxylic acids is 1. The summed E-state index contributed by atoms with van der Waals surface area (Å²) in [6, 6.07) is 17.2. The van der Waals surface area contributed by atoms with E-state index in [0.717, 1.165) is 6.42 Å². The number of hydrogen-bond acceptors (Lipinski definition) is 3. The van der Waals surface area contributed by atoms with Crippen molar-refractivity contribution in [2.45, 2.75) is 19.3 Å². The first-order valence-corrected chi connectivity index (χ1v) is 9.17. The second-order valence-electron chi connectivity index (χ2n) is 6.64. The molecule has 142 valence electrons. The molecule has 0 unspecified atom stereocenters. The van der Waals surface area contributed by atoms with Crippen LogP contribution >= 0.6 is 0 Å². The highest BCUT2D eigenvalue weighted by Gasteiger charge is 2.26. The third kappa shape index (κ3) is 5.48. The van der Waals surface area contributed by atoms with E-state index in [-0.39, 0.29) is 11.9 Å². The van der Waals surface area contributed by atoms with Crippen LogP contribution in [0.1, 0.15) is 18.4 Å². The number of nitrogens with one attached hydrogen (secondary N) is 1. The largest absolute Gasteiger partial charge is 0.493 e. The van der Waals surface area contributed by atoms with E-state index in [4.69, 9.17) is 9.84 Å². The van der Waals surface area contributed by atoms with Gasteiger partial charge >= 0.3 is 12.0 Å². The fourth-order valence-electron chi connectivity index (χ4n) is 3.13. The number of carboxylic acids is 1. The van der Waals surface area contributed by atoms with Gasteiger partial charge in [0.2, 0.25) is 0 Å². The Morgan fingerprint density at radius 3 is 2.52 bits per heavy atom. The van der Waals surface area contributed by atoms with Crippen LogP contribution < -0.4 is 10.1 Å². The molecule has 2 amide bonds. The first-order chi connectivity index (χ1) is 13.1. The van der Waals surface area contributed by atoms with Crippen LogP contribution in [-0.4, -0.2) is 41.7 Å². The van der Waals surface area contributed by atoms with Crippen molar-refractivity contribution in [1.82, 2.24) is 4.90 Å². The van der Waals surface area contributed by atoms with E-state index in [0.29, 0.717) is 44.0 Å². The Kier molecular flexibility index (Phi) is 6.30. The first-order valence-electron chi connectivity index (χ1n) is 9.17. The van der Waals surface area contributed by atoms with Gasteiger partial charge in [-0.2, -0.15) is 0 Å². The average molecular weight is 368 g/mol. The molecule has 0 radical (unpaired) electrons. The smallest absolute Gasteiger partial charge is 0.321 e. The summed E-state index contributed by atoms with van der Waals surface area (Å²) in [4.78, 5) is 25.0. The molecule has 1 aliphatic rings. The Hall–Kier alpha value is -3.02. The quantitative estimate of drug-likeness (QED) is 0.816. The van der Waals surface area contributed by atoms with Gasteiger partial charge < -0.3 is 20.1 Å². The van der Waals surface area contributed by atoms with E-state index in [2.05, 4.69) is 17.4 Å². The zero-order valence-electron chi connectivity index (χ0n) is 15.1. The molecule has 0 spiro atoms. The van der Waals surface area contributed by atoms with Gasteiger partial charge in [0.15, 0.2) is 0 Å². The topological polar surface area (TPSA) is 78.9 Å². The molecule has 27 heavy (non-hydrogen) atoms. The fraction of sp³-hybridized carbons (Fsp3) is 0.333. The molecule has 0 aliphatic carbocycles. The van der Waals surface area contributed by atoms with Gasteiger partial charge in [-0.25, -0.2) is 4.79 Å². The van der Waals surface area contributed by atoms with Crippen molar-refractivity contribution in [2.24, 2.45) is 5.92 Å². The van der Waals surface area contributed by atoms with Crippen molar-refractivity contribution in [3.63, 3.8) is 0 Å². The number of likely N-dealkylation sites (tertiary alicyclic amines) is 1. The number of aliphatic carboxylic acids is 1. The molecular formula is C21H24N2O4. The summed E-state index contributed by atoms with van der Waals surface area (Å²) in [6.07, 6.45) is 1.80. The summed E-state index contributed by atoms with van der Waals surface area (Å²) >= 11 is 0. The number of rotatable bonds is 6. The third-order valence-corrected chi connectivity index (χ3v) is 4.72. The molecule has 3 rings (SSSR count). The number of amides is 2. The van der Waals surface area contributed by atoms with Crippen molar-refractivity contribution >= 4 is 17.7 Å². The summed E-state index contributed by atoms with van der Waals surface area (Å²) < 4.78 is 5.79. The van der Waals surface area contributed by atoms with Gasteiger partial charge in [-0.3, -0.25) is 4.79 Å². The van der Waals surface area contributed by atoms with Crippen LogP contribution in [-0.2, 0) is 11.2 Å². The lowest BCUT2D eigenvalue weighted by Gasteiger charge is -2.30. The molecule has 0 aromatic heterocycles. The van der Waals surface area contributed by atoms with E-state index in [9.17, 15) is 9.59 Å². The number of carbonyl (C=O) groups is 2. The molecule has 1 saturated heterocycles. The SMILES string of the molecule is O=C(O)C1CCN(C(=O)Nc2cccc(OCCc3ccccc3)c2)CC1. The zero-order valence-corrected chi connectivity index (χ0v) is 15.1. The average Bonchev–Trinajstić information content (AvgIpc) is 2.69. The molecule has 2 aromatic carbocycles. The minimum absolute atomic E-state index is 0.208. The molecular weight excluding hydrogens is 344 g/mol. The molecule has 6 nitrogen and oxygen atoms in total. The third-order valence-electron chi connectivity index (χ3n) is 4.72. The summed E-state index contributed by atoms with van der Waals surface area (Å²) in [7, 11) is 0. The van der Waals surface area contributed by atoms with Gasteiger partial charge in [-0.15, -0.1) is 0 Å². The predicted molar refractivity (Wildman–Crippen MR) is 103 cm³/mol. The lowest BCUT2D eigenvalue weighted by molar-refractivity contribution is -0.143. The van der Waals surface area contributed by atoms with Crippen LogP contribution in [0, 0.1) is 5.92 Å². The van der Waals surface area contributed by atoms with Crippen LogP contribution in [0.15, 0.2) is 54.6 Å². The lowest BCUT2D eigenvalue weighted by Crippen LogP contribution is -2.42. The van der Waals surface area contributed by atoms with Gasteiger partial charge in [-0.1, -0.05) is 36.4 Å². The minimum Gasteiger partial charge on any atom is -0.493 e. The summed E-state index contributed by atoms with van der Waals surface area (Å²) in [5.41, 5.74) is 1.88. The summed E-state index contributed by atoms with van der Waals surface area (Å²) in [5.74, 6) is -0.431. The highest BCUT2D eigenvalue weighted by molar-refractivity contribution is 5.89. The van der Waals surface area contributed by atoms with Crippen molar-refractivity contribution < 1.29 is 19.4 Å². The molecule has 2 aromatic rings. The van der Waals surface area contributed by atoms with Crippen LogP contribution in [0.25, 0.3) is 0 Å². The normalized spacial score (nSPS) is 14.6. The maximum atomic E-state index is 12.4. The van der Waals surface area contributed by atoms with Gasteiger partial charge in [0.1, 0.15) is 5.75 Å². The molecule has 1 aliphatic heterocycles. The number of hydrogen-bond donors (Lipinski definition) is 2. The van der Waals surface area contributed by atoms with Crippen LogP contribution in [0.5, 0.6) is 5.75 Å². The van der Waals surface area contributed by atoms with Gasteiger partial charge in [-0.05, 0) is 30.5 Å². The Labute approximate surface area is 158 Å². The Balaban J connectivity index is 1.48. The van der Waals surface area contributed by atoms with E-state index >= 15 is 0 Å². The Morgan fingerprint density at radius 1 is 1.07 bits per heavy atom. The first kappa shape index (κ1) is 18.8. The summed E-state index contributed by atoms with van der Waals surface area (Å²) in [6.45, 7) is 1.47. The van der Waals surface area contributed by atoms with Gasteiger partial charge in [0.25, 0.3) is 0 Å². The number of anilines is 1. The number of urea groups is 1. The monoisotopic (exact) mass is 368 g/mol. The number of ether oxygens (including phenoxy) is 1. The fourth-order valence-corrected chi connectivity index (χ4v) is 3.13. The second kappa shape index (κ2) is 9.07. The highest BCUT2D eigenvalue weighted by Crippen LogP contribution is 2.21. The van der Waals surface area contributed by atoms with Gasteiger partial charge in [0, 0.05) is 31.3 Å². The molecule has 0 saturated carbocycles. The maximum Gasteiger partial charge on any atom is 0.321 e. The molecule has 1 fully saturated rings. The molecule has 1 heterocycles. The number of carboxylic acid groups (broad SMARTS) is 1. The number of benzene rings is 2. The van der Waals surface area contributed by atoms with Crippen molar-refractivity contribution in [1.29, 1.82) is 0 Å². The predicted octanol–water partition coefficient (Wildman–Crippen LogP) is 3.64. The Morgan fingerprint density at radius 2 is 1.81 bits per heavy atom. The minimum atomic E-state index is -0.782. The zero-order chi connectivity index (χ0) is 19.1. The van der Waals surface area contributed by atoms with E-state index in [1.54, 1.807) is 11.0 Å². The molecule has 6 heteroatoms. The van der Waals surface area contributed by atoms with Crippen molar-refractivity contribution in [3.05, 3.63) is 60.2 Å². The Bertz CT molecular complexity index is 771. The van der Waals surface area contributed by atoms with Crippen molar-refractivity contribution in [2.75, 3.05) is 25.0 Å². The van der Waals surface area contributed by atoms with Crippen LogP contribution in [0.4, 0.5) is 10.5 Å². The van der Waals surface area contributed by atoms with Crippen molar-refractivity contribution in [3.8, 4) is 5.75 Å². The van der Waals surface area contributed by atoms with Gasteiger partial charge in [0.05, 0.1) is 12.5 Å². The summed E-state index contributed by atoms with van der Waals surface area (Å²) in [5, 5.41) is 11.9. The standard InChI is InChI=1S/C21H24N2O4/c24-20(25)17-9-12-23(13-10-17)21(26)22-18-7-4-8-19(15-18)27-14-11-16-5-2-1-3-6-16/h1-8,15,17H,9-14H2,(H,22,26)(H,24,25). The van der Waals surface area contributed by atoms with E-state index < -0.39 is 5.97 Å².